The fraction of sp³-hybridized carbons (Fsp3) is 0.0952. The fourth-order valence-corrected chi connectivity index (χ4v) is 2.58. The first-order valence-electron chi connectivity index (χ1n) is 8.08. The standard InChI is InChI=1S/C21H20N2O2/c1-25-20-15-9-8-14-19(20)21(24)22-23(18-12-6-3-7-13-18)16-17-10-4-2-5-11-17/h2-15H,16H2,1H3,(H,22,24). The van der Waals surface area contributed by atoms with Gasteiger partial charge in [-0.1, -0.05) is 60.7 Å². The van der Waals surface area contributed by atoms with Crippen LogP contribution in [0.4, 0.5) is 5.69 Å². The lowest BCUT2D eigenvalue weighted by Crippen LogP contribution is -2.42. The molecule has 1 amide bonds. The highest BCUT2D eigenvalue weighted by Gasteiger charge is 2.16. The topological polar surface area (TPSA) is 41.6 Å². The van der Waals surface area contributed by atoms with Crippen LogP contribution in [0, 0.1) is 0 Å². The van der Waals surface area contributed by atoms with Crippen molar-refractivity contribution in [2.75, 3.05) is 12.1 Å². The molecule has 0 aliphatic carbocycles. The van der Waals surface area contributed by atoms with Gasteiger partial charge in [0.2, 0.25) is 0 Å². The number of carbonyl (C=O) groups excluding carboxylic acids is 1. The maximum atomic E-state index is 12.8. The number of hydrazine groups is 1. The van der Waals surface area contributed by atoms with Crippen LogP contribution >= 0.6 is 0 Å². The molecule has 0 fully saturated rings. The minimum absolute atomic E-state index is 0.211. The van der Waals surface area contributed by atoms with Gasteiger partial charge >= 0.3 is 0 Å². The van der Waals surface area contributed by atoms with Gasteiger partial charge in [0.1, 0.15) is 5.75 Å². The summed E-state index contributed by atoms with van der Waals surface area (Å²) >= 11 is 0. The van der Waals surface area contributed by atoms with Gasteiger partial charge in [-0.2, -0.15) is 0 Å². The molecule has 0 saturated heterocycles. The molecule has 3 aromatic rings. The molecule has 0 atom stereocenters. The molecule has 0 spiro atoms. The monoisotopic (exact) mass is 332 g/mol. The largest absolute Gasteiger partial charge is 0.496 e. The molecule has 0 aliphatic heterocycles. The van der Waals surface area contributed by atoms with Crippen molar-refractivity contribution in [2.24, 2.45) is 0 Å². The Morgan fingerprint density at radius 2 is 1.48 bits per heavy atom. The molecule has 4 nitrogen and oxygen atoms in total. The Morgan fingerprint density at radius 3 is 2.16 bits per heavy atom. The van der Waals surface area contributed by atoms with Gasteiger partial charge in [0.25, 0.3) is 5.91 Å². The van der Waals surface area contributed by atoms with Crippen molar-refractivity contribution in [2.45, 2.75) is 6.54 Å². The highest BCUT2D eigenvalue weighted by molar-refractivity contribution is 5.97. The third kappa shape index (κ3) is 4.18. The zero-order valence-electron chi connectivity index (χ0n) is 14.1. The van der Waals surface area contributed by atoms with E-state index in [1.54, 1.807) is 19.2 Å². The average Bonchev–Trinajstić information content (AvgIpc) is 2.69. The number of nitrogens with one attached hydrogen (secondary N) is 1. The van der Waals surface area contributed by atoms with Crippen molar-refractivity contribution in [3.63, 3.8) is 0 Å². The summed E-state index contributed by atoms with van der Waals surface area (Å²) in [5, 5.41) is 1.84. The van der Waals surface area contributed by atoms with Crippen molar-refractivity contribution in [3.05, 3.63) is 96.1 Å². The van der Waals surface area contributed by atoms with Gasteiger partial charge in [0, 0.05) is 0 Å². The summed E-state index contributed by atoms with van der Waals surface area (Å²) in [6.45, 7) is 0.561. The second-order valence-corrected chi connectivity index (χ2v) is 5.55. The number of benzene rings is 3. The van der Waals surface area contributed by atoms with Crippen LogP contribution in [0.1, 0.15) is 15.9 Å². The molecular formula is C21H20N2O2. The van der Waals surface area contributed by atoms with E-state index in [9.17, 15) is 4.79 Å². The Balaban J connectivity index is 1.86. The maximum absolute atomic E-state index is 12.8. The number of hydrogen-bond acceptors (Lipinski definition) is 3. The molecule has 3 aromatic carbocycles. The molecule has 25 heavy (non-hydrogen) atoms. The van der Waals surface area contributed by atoms with Crippen LogP contribution in [-0.4, -0.2) is 13.0 Å². The number of amides is 1. The molecule has 0 heterocycles. The van der Waals surface area contributed by atoms with Gasteiger partial charge in [0.05, 0.1) is 24.9 Å². The van der Waals surface area contributed by atoms with Crippen LogP contribution in [0.2, 0.25) is 0 Å². The summed E-state index contributed by atoms with van der Waals surface area (Å²) in [6.07, 6.45) is 0. The molecule has 0 aromatic heterocycles. The molecule has 0 saturated carbocycles. The Hall–Kier alpha value is -3.27. The minimum Gasteiger partial charge on any atom is -0.496 e. The molecular weight excluding hydrogens is 312 g/mol. The van der Waals surface area contributed by atoms with Gasteiger partial charge in [-0.05, 0) is 29.8 Å². The van der Waals surface area contributed by atoms with Crippen molar-refractivity contribution < 1.29 is 9.53 Å². The van der Waals surface area contributed by atoms with E-state index < -0.39 is 0 Å². The highest BCUT2D eigenvalue weighted by Crippen LogP contribution is 2.19. The predicted molar refractivity (Wildman–Crippen MR) is 99.5 cm³/mol. The van der Waals surface area contributed by atoms with Crippen molar-refractivity contribution in [3.8, 4) is 5.75 Å². The van der Waals surface area contributed by atoms with E-state index in [2.05, 4.69) is 5.43 Å². The van der Waals surface area contributed by atoms with E-state index in [1.807, 2.05) is 77.8 Å². The minimum atomic E-state index is -0.211. The molecule has 3 rings (SSSR count). The van der Waals surface area contributed by atoms with Crippen molar-refractivity contribution in [1.82, 2.24) is 5.43 Å². The Labute approximate surface area is 147 Å². The van der Waals surface area contributed by atoms with Crippen molar-refractivity contribution >= 4 is 11.6 Å². The lowest BCUT2D eigenvalue weighted by atomic mass is 10.2. The molecule has 0 unspecified atom stereocenters. The van der Waals surface area contributed by atoms with E-state index in [0.29, 0.717) is 17.9 Å². The van der Waals surface area contributed by atoms with Gasteiger partial charge in [-0.15, -0.1) is 0 Å². The van der Waals surface area contributed by atoms with E-state index in [0.717, 1.165) is 11.3 Å². The van der Waals surface area contributed by atoms with Gasteiger partial charge < -0.3 is 4.74 Å². The lowest BCUT2D eigenvalue weighted by Gasteiger charge is -2.26. The number of nitrogens with zero attached hydrogens (tertiary/aromatic N) is 1. The first-order chi connectivity index (χ1) is 12.3. The molecule has 1 N–H and O–H groups in total. The van der Waals surface area contributed by atoms with E-state index >= 15 is 0 Å². The van der Waals surface area contributed by atoms with Gasteiger partial charge in [-0.25, -0.2) is 0 Å². The zero-order valence-corrected chi connectivity index (χ0v) is 14.1. The Kier molecular flexibility index (Phi) is 5.32. The number of anilines is 1. The molecule has 4 heteroatoms. The van der Waals surface area contributed by atoms with E-state index in [-0.39, 0.29) is 5.91 Å². The Bertz CT molecular complexity index is 820. The summed E-state index contributed by atoms with van der Waals surface area (Å²) in [7, 11) is 1.56. The Morgan fingerprint density at radius 1 is 0.880 bits per heavy atom. The lowest BCUT2D eigenvalue weighted by molar-refractivity contribution is 0.0945. The number of carbonyl (C=O) groups is 1. The van der Waals surface area contributed by atoms with Gasteiger partial charge in [0.15, 0.2) is 0 Å². The first-order valence-corrected chi connectivity index (χ1v) is 8.08. The molecule has 126 valence electrons. The normalized spacial score (nSPS) is 10.1. The van der Waals surface area contributed by atoms with Crippen LogP contribution in [0.3, 0.4) is 0 Å². The zero-order chi connectivity index (χ0) is 17.5. The van der Waals surface area contributed by atoms with Crippen LogP contribution in [-0.2, 0) is 6.54 Å². The second-order valence-electron chi connectivity index (χ2n) is 5.55. The van der Waals surface area contributed by atoms with Crippen LogP contribution in [0.15, 0.2) is 84.9 Å². The first kappa shape index (κ1) is 16.6. The van der Waals surface area contributed by atoms with Crippen molar-refractivity contribution in [1.29, 1.82) is 0 Å². The van der Waals surface area contributed by atoms with Crippen LogP contribution in [0.25, 0.3) is 0 Å². The smallest absolute Gasteiger partial charge is 0.273 e. The predicted octanol–water partition coefficient (Wildman–Crippen LogP) is 4.05. The number of methoxy groups -OCH3 is 1. The number of hydrogen-bond donors (Lipinski definition) is 1. The number of para-hydroxylation sites is 2. The maximum Gasteiger partial charge on any atom is 0.273 e. The summed E-state index contributed by atoms with van der Waals surface area (Å²) in [6, 6.07) is 27.0. The van der Waals surface area contributed by atoms with Crippen LogP contribution < -0.4 is 15.2 Å². The number of rotatable bonds is 6. The second kappa shape index (κ2) is 8.02. The molecule has 0 aliphatic rings. The molecule has 0 bridgehead atoms. The SMILES string of the molecule is COc1ccccc1C(=O)NN(Cc1ccccc1)c1ccccc1. The summed E-state index contributed by atoms with van der Waals surface area (Å²) < 4.78 is 5.29. The summed E-state index contributed by atoms with van der Waals surface area (Å²) in [5.74, 6) is 0.338. The number of ether oxygens (including phenoxy) is 1. The van der Waals surface area contributed by atoms with E-state index in [4.69, 9.17) is 4.74 Å². The fourth-order valence-electron chi connectivity index (χ4n) is 2.58. The van der Waals surface area contributed by atoms with Gasteiger partial charge in [-0.3, -0.25) is 15.2 Å². The summed E-state index contributed by atoms with van der Waals surface area (Å²) in [4.78, 5) is 12.8. The average molecular weight is 332 g/mol. The third-order valence-corrected chi connectivity index (χ3v) is 3.84. The molecule has 0 radical (unpaired) electrons. The third-order valence-electron chi connectivity index (χ3n) is 3.84. The van der Waals surface area contributed by atoms with E-state index in [1.165, 1.54) is 0 Å². The highest BCUT2D eigenvalue weighted by atomic mass is 16.5. The summed E-state index contributed by atoms with van der Waals surface area (Å²) in [5.41, 5.74) is 5.50. The van der Waals surface area contributed by atoms with Crippen LogP contribution in [0.5, 0.6) is 5.75 Å². The quantitative estimate of drug-likeness (QED) is 0.693.